The molecule has 3 aliphatic rings. The van der Waals surface area contributed by atoms with Crippen LogP contribution in [-0.2, 0) is 20.8 Å². The van der Waals surface area contributed by atoms with E-state index in [-0.39, 0.29) is 17.1 Å². The van der Waals surface area contributed by atoms with Gasteiger partial charge in [0.15, 0.2) is 0 Å². The molecule has 0 aromatic heterocycles. The van der Waals surface area contributed by atoms with Gasteiger partial charge in [0.05, 0.1) is 5.25 Å². The smallest absolute Gasteiger partial charge is 0.240 e. The second-order valence-electron chi connectivity index (χ2n) is 7.41. The van der Waals surface area contributed by atoms with Crippen molar-refractivity contribution in [1.29, 1.82) is 0 Å². The Balaban J connectivity index is 0.000000168. The summed E-state index contributed by atoms with van der Waals surface area (Å²) in [4.78, 5) is 32.7. The van der Waals surface area contributed by atoms with Gasteiger partial charge in [-0.2, -0.15) is 0 Å². The molecule has 1 saturated heterocycles. The summed E-state index contributed by atoms with van der Waals surface area (Å²) in [5.41, 5.74) is 4.31. The Bertz CT molecular complexity index is 724. The minimum Gasteiger partial charge on any atom is -0.384 e. The molecule has 27 heavy (non-hydrogen) atoms. The average molecular weight is 389 g/mol. The third kappa shape index (κ3) is 5.12. The first kappa shape index (κ1) is 19.9. The highest BCUT2D eigenvalue weighted by Gasteiger charge is 2.42. The number of Topliss-reactive ketones (excluding diaryl/α,β-unsaturated/α-hetero) is 1. The van der Waals surface area contributed by atoms with Crippen molar-refractivity contribution in [2.75, 3.05) is 11.9 Å². The van der Waals surface area contributed by atoms with Gasteiger partial charge in [-0.05, 0) is 48.8 Å². The number of nitrogens with one attached hydrogen (secondary N) is 2. The van der Waals surface area contributed by atoms with E-state index in [9.17, 15) is 14.4 Å². The molecule has 1 saturated carbocycles. The van der Waals surface area contributed by atoms with Crippen molar-refractivity contribution in [2.45, 2.75) is 68.8 Å². The minimum absolute atomic E-state index is 0.0314. The largest absolute Gasteiger partial charge is 0.384 e. The van der Waals surface area contributed by atoms with E-state index in [4.69, 9.17) is 0 Å². The zero-order valence-electron chi connectivity index (χ0n) is 16.0. The van der Waals surface area contributed by atoms with Crippen LogP contribution in [0.3, 0.4) is 0 Å². The summed E-state index contributed by atoms with van der Waals surface area (Å²) in [6.07, 6.45) is 5.81. The highest BCUT2D eigenvalue weighted by molar-refractivity contribution is 8.08. The molecule has 2 unspecified atom stereocenters. The van der Waals surface area contributed by atoms with E-state index in [0.717, 1.165) is 45.1 Å². The molecule has 2 fully saturated rings. The molecular weight excluding hydrogens is 360 g/mol. The SMILES string of the molecule is CCC1SC1C(=O)NC(C)=O.O=C1CCC(c2cccc3c2CCN3)CC1. The Hall–Kier alpha value is -1.82. The molecule has 2 heterocycles. The van der Waals surface area contributed by atoms with Gasteiger partial charge < -0.3 is 5.32 Å². The molecule has 1 aliphatic carbocycles. The Morgan fingerprint density at radius 1 is 1.22 bits per heavy atom. The third-order valence-electron chi connectivity index (χ3n) is 5.43. The number of carbonyl (C=O) groups excluding carboxylic acids is 3. The Morgan fingerprint density at radius 2 is 1.96 bits per heavy atom. The number of benzene rings is 1. The van der Waals surface area contributed by atoms with Crippen LogP contribution in [0, 0.1) is 0 Å². The second-order valence-corrected chi connectivity index (χ2v) is 8.80. The third-order valence-corrected chi connectivity index (χ3v) is 6.90. The van der Waals surface area contributed by atoms with Crippen LogP contribution in [0.4, 0.5) is 5.69 Å². The van der Waals surface area contributed by atoms with E-state index >= 15 is 0 Å². The van der Waals surface area contributed by atoms with Crippen molar-refractivity contribution in [3.05, 3.63) is 29.3 Å². The van der Waals surface area contributed by atoms with Gasteiger partial charge in [-0.15, -0.1) is 11.8 Å². The number of ketones is 1. The summed E-state index contributed by atoms with van der Waals surface area (Å²) in [5.74, 6) is 0.668. The molecule has 0 bridgehead atoms. The molecule has 1 aromatic rings. The predicted molar refractivity (Wildman–Crippen MR) is 109 cm³/mol. The fraction of sp³-hybridized carbons (Fsp3) is 0.571. The normalized spacial score (nSPS) is 23.6. The lowest BCUT2D eigenvalue weighted by molar-refractivity contribution is -0.128. The van der Waals surface area contributed by atoms with Crippen LogP contribution in [0.1, 0.15) is 63.0 Å². The van der Waals surface area contributed by atoms with Crippen LogP contribution in [0.2, 0.25) is 0 Å². The summed E-state index contributed by atoms with van der Waals surface area (Å²) in [6, 6.07) is 6.56. The van der Waals surface area contributed by atoms with Crippen molar-refractivity contribution in [2.24, 2.45) is 0 Å². The van der Waals surface area contributed by atoms with Crippen LogP contribution in [0.5, 0.6) is 0 Å². The summed E-state index contributed by atoms with van der Waals surface area (Å²) in [6.45, 7) is 4.46. The molecular formula is C21H28N2O3S. The van der Waals surface area contributed by atoms with Gasteiger partial charge in [0, 0.05) is 37.2 Å². The van der Waals surface area contributed by atoms with Crippen LogP contribution in [-0.4, -0.2) is 34.6 Å². The zero-order valence-corrected chi connectivity index (χ0v) is 16.9. The summed E-state index contributed by atoms with van der Waals surface area (Å²) in [5, 5.41) is 6.16. The maximum Gasteiger partial charge on any atom is 0.240 e. The molecule has 2 atom stereocenters. The van der Waals surface area contributed by atoms with Gasteiger partial charge in [0.2, 0.25) is 11.8 Å². The molecule has 0 spiro atoms. The molecule has 1 aromatic carbocycles. The Morgan fingerprint density at radius 3 is 2.59 bits per heavy atom. The van der Waals surface area contributed by atoms with E-state index in [0.29, 0.717) is 17.0 Å². The van der Waals surface area contributed by atoms with E-state index in [2.05, 4.69) is 28.8 Å². The summed E-state index contributed by atoms with van der Waals surface area (Å²) in [7, 11) is 0. The monoisotopic (exact) mass is 388 g/mol. The number of hydrogen-bond acceptors (Lipinski definition) is 5. The standard InChI is InChI=1S/C14H17NO.C7H11NO2S/c16-11-6-4-10(5-7-11)12-2-1-3-14-13(12)8-9-15-14;1-3-5-6(11-5)7(10)8-4(2)9/h1-3,10,15H,4-9H2;5-6H,3H2,1-2H3,(H,8,9,10). The molecule has 6 heteroatoms. The molecule has 0 radical (unpaired) electrons. The number of anilines is 1. The van der Waals surface area contributed by atoms with Gasteiger partial charge >= 0.3 is 0 Å². The predicted octanol–water partition coefficient (Wildman–Crippen LogP) is 3.42. The second kappa shape index (κ2) is 8.91. The fourth-order valence-corrected chi connectivity index (χ4v) is 4.91. The quantitative estimate of drug-likeness (QED) is 0.776. The van der Waals surface area contributed by atoms with Crippen molar-refractivity contribution < 1.29 is 14.4 Å². The van der Waals surface area contributed by atoms with Gasteiger partial charge in [-0.1, -0.05) is 19.1 Å². The molecule has 2 aliphatic heterocycles. The van der Waals surface area contributed by atoms with Crippen molar-refractivity contribution >= 4 is 35.0 Å². The molecule has 2 N–H and O–H groups in total. The van der Waals surface area contributed by atoms with Crippen molar-refractivity contribution in [3.8, 4) is 0 Å². The lowest BCUT2D eigenvalue weighted by Gasteiger charge is -2.23. The number of rotatable bonds is 3. The lowest BCUT2D eigenvalue weighted by Crippen LogP contribution is -2.32. The van der Waals surface area contributed by atoms with Crippen LogP contribution in [0.25, 0.3) is 0 Å². The lowest BCUT2D eigenvalue weighted by atomic mass is 9.81. The number of amides is 2. The average Bonchev–Trinajstić information content (AvgIpc) is 3.29. The molecule has 5 nitrogen and oxygen atoms in total. The summed E-state index contributed by atoms with van der Waals surface area (Å²) >= 11 is 1.62. The van der Waals surface area contributed by atoms with Crippen LogP contribution in [0.15, 0.2) is 18.2 Å². The highest BCUT2D eigenvalue weighted by Crippen LogP contribution is 2.43. The van der Waals surface area contributed by atoms with Crippen molar-refractivity contribution in [3.63, 3.8) is 0 Å². The Kier molecular flexibility index (Phi) is 6.58. The Labute approximate surface area is 165 Å². The van der Waals surface area contributed by atoms with Crippen molar-refractivity contribution in [1.82, 2.24) is 5.32 Å². The maximum absolute atomic E-state index is 11.3. The van der Waals surface area contributed by atoms with Gasteiger partial charge in [-0.25, -0.2) is 0 Å². The number of thioether (sulfide) groups is 1. The van der Waals surface area contributed by atoms with E-state index in [1.165, 1.54) is 23.7 Å². The number of fused-ring (bicyclic) bond motifs is 1. The first-order valence-corrected chi connectivity index (χ1v) is 10.8. The van der Waals surface area contributed by atoms with E-state index in [1.807, 2.05) is 6.92 Å². The number of hydrogen-bond donors (Lipinski definition) is 2. The summed E-state index contributed by atoms with van der Waals surface area (Å²) < 4.78 is 0. The number of imide groups is 1. The molecule has 146 valence electrons. The number of carbonyl (C=O) groups is 3. The minimum atomic E-state index is -0.266. The van der Waals surface area contributed by atoms with Crippen LogP contribution >= 0.6 is 11.8 Å². The highest BCUT2D eigenvalue weighted by atomic mass is 32.2. The molecule has 2 amide bonds. The van der Waals surface area contributed by atoms with Gasteiger partial charge in [0.1, 0.15) is 5.78 Å². The fourth-order valence-electron chi connectivity index (χ4n) is 3.93. The van der Waals surface area contributed by atoms with Crippen LogP contribution < -0.4 is 10.6 Å². The van der Waals surface area contributed by atoms with E-state index < -0.39 is 0 Å². The van der Waals surface area contributed by atoms with Gasteiger partial charge in [0.25, 0.3) is 0 Å². The van der Waals surface area contributed by atoms with E-state index in [1.54, 1.807) is 11.8 Å². The first-order valence-electron chi connectivity index (χ1n) is 9.83. The first-order chi connectivity index (χ1) is 13.0. The van der Waals surface area contributed by atoms with Gasteiger partial charge in [-0.3, -0.25) is 19.7 Å². The zero-order chi connectivity index (χ0) is 19.4. The maximum atomic E-state index is 11.3. The topological polar surface area (TPSA) is 75.3 Å². The molecule has 4 rings (SSSR count).